The number of ether oxygens (including phenoxy) is 3. The molecule has 4 heteroatoms. The predicted octanol–water partition coefficient (Wildman–Crippen LogP) is 2.08. The van der Waals surface area contributed by atoms with E-state index in [4.69, 9.17) is 14.2 Å². The Hall–Kier alpha value is -0.160. The Balaban J connectivity index is 1.43. The van der Waals surface area contributed by atoms with Gasteiger partial charge < -0.3 is 19.5 Å². The van der Waals surface area contributed by atoms with Crippen LogP contribution in [0.15, 0.2) is 0 Å². The van der Waals surface area contributed by atoms with E-state index in [-0.39, 0.29) is 5.79 Å². The maximum Gasteiger partial charge on any atom is 0.168 e. The second-order valence-electron chi connectivity index (χ2n) is 6.29. The first-order valence-corrected chi connectivity index (χ1v) is 7.89. The third kappa shape index (κ3) is 3.30. The van der Waals surface area contributed by atoms with Crippen molar-refractivity contribution in [2.75, 3.05) is 26.4 Å². The van der Waals surface area contributed by atoms with Gasteiger partial charge in [0.15, 0.2) is 5.79 Å². The third-order valence-electron chi connectivity index (χ3n) is 5.03. The van der Waals surface area contributed by atoms with Crippen LogP contribution in [0.25, 0.3) is 0 Å². The van der Waals surface area contributed by atoms with Gasteiger partial charge in [0.1, 0.15) is 0 Å². The molecule has 2 heterocycles. The van der Waals surface area contributed by atoms with Gasteiger partial charge in [0.25, 0.3) is 0 Å². The number of rotatable bonds is 3. The van der Waals surface area contributed by atoms with Gasteiger partial charge in [0.2, 0.25) is 0 Å². The first-order valence-electron chi connectivity index (χ1n) is 7.89. The molecule has 110 valence electrons. The van der Waals surface area contributed by atoms with Crippen LogP contribution >= 0.6 is 0 Å². The summed E-state index contributed by atoms with van der Waals surface area (Å²) < 4.78 is 17.0. The van der Waals surface area contributed by atoms with E-state index < -0.39 is 0 Å². The standard InChI is InChI=1S/C15H27NO3/c1-12(13-4-8-17-9-5-13)16-14-2-6-15(7-3-14)18-10-11-19-15/h12-14,16H,2-11H2,1H3. The molecule has 0 aromatic carbocycles. The summed E-state index contributed by atoms with van der Waals surface area (Å²) in [5, 5.41) is 3.83. The molecule has 3 aliphatic rings. The summed E-state index contributed by atoms with van der Waals surface area (Å²) in [6.45, 7) is 5.76. The van der Waals surface area contributed by atoms with Gasteiger partial charge >= 0.3 is 0 Å². The molecular weight excluding hydrogens is 242 g/mol. The molecule has 3 rings (SSSR count). The monoisotopic (exact) mass is 269 g/mol. The van der Waals surface area contributed by atoms with Crippen LogP contribution in [0.4, 0.5) is 0 Å². The quantitative estimate of drug-likeness (QED) is 0.851. The fraction of sp³-hybridized carbons (Fsp3) is 1.00. The average molecular weight is 269 g/mol. The zero-order chi connectivity index (χ0) is 13.1. The maximum absolute atomic E-state index is 5.78. The lowest BCUT2D eigenvalue weighted by atomic mass is 9.87. The van der Waals surface area contributed by atoms with Crippen LogP contribution in [-0.2, 0) is 14.2 Å². The van der Waals surface area contributed by atoms with E-state index in [9.17, 15) is 0 Å². The smallest absolute Gasteiger partial charge is 0.168 e. The fourth-order valence-corrected chi connectivity index (χ4v) is 3.73. The van der Waals surface area contributed by atoms with Gasteiger partial charge in [-0.05, 0) is 38.5 Å². The molecule has 1 spiro atoms. The van der Waals surface area contributed by atoms with E-state index in [1.807, 2.05) is 0 Å². The van der Waals surface area contributed by atoms with E-state index in [2.05, 4.69) is 12.2 Å². The molecule has 0 aromatic heterocycles. The molecule has 1 aliphatic carbocycles. The summed E-state index contributed by atoms with van der Waals surface area (Å²) in [5.74, 6) is 0.559. The van der Waals surface area contributed by atoms with Gasteiger partial charge in [0.05, 0.1) is 13.2 Å². The van der Waals surface area contributed by atoms with Crippen LogP contribution in [0.1, 0.15) is 45.4 Å². The lowest BCUT2D eigenvalue weighted by Gasteiger charge is -2.38. The van der Waals surface area contributed by atoms with Gasteiger partial charge in [-0.3, -0.25) is 0 Å². The van der Waals surface area contributed by atoms with Gasteiger partial charge in [-0.1, -0.05) is 0 Å². The molecule has 0 radical (unpaired) electrons. The minimum Gasteiger partial charge on any atom is -0.381 e. The number of nitrogens with one attached hydrogen (secondary N) is 1. The van der Waals surface area contributed by atoms with Gasteiger partial charge in [-0.15, -0.1) is 0 Å². The van der Waals surface area contributed by atoms with Crippen molar-refractivity contribution < 1.29 is 14.2 Å². The Bertz CT molecular complexity index is 275. The normalized spacial score (nSPS) is 30.8. The van der Waals surface area contributed by atoms with Gasteiger partial charge in [-0.2, -0.15) is 0 Å². The maximum atomic E-state index is 5.78. The Morgan fingerprint density at radius 3 is 2.21 bits per heavy atom. The Morgan fingerprint density at radius 1 is 0.947 bits per heavy atom. The zero-order valence-electron chi connectivity index (χ0n) is 12.0. The lowest BCUT2D eigenvalue weighted by molar-refractivity contribution is -0.179. The molecule has 1 N–H and O–H groups in total. The second kappa shape index (κ2) is 6.08. The zero-order valence-corrected chi connectivity index (χ0v) is 12.0. The first kappa shape index (κ1) is 13.8. The fourth-order valence-electron chi connectivity index (χ4n) is 3.73. The van der Waals surface area contributed by atoms with E-state index in [0.29, 0.717) is 12.1 Å². The van der Waals surface area contributed by atoms with Crippen molar-refractivity contribution in [3.63, 3.8) is 0 Å². The van der Waals surface area contributed by atoms with Crippen molar-refractivity contribution in [3.05, 3.63) is 0 Å². The molecule has 19 heavy (non-hydrogen) atoms. The van der Waals surface area contributed by atoms with Crippen molar-refractivity contribution in [1.29, 1.82) is 0 Å². The second-order valence-corrected chi connectivity index (χ2v) is 6.29. The largest absolute Gasteiger partial charge is 0.381 e. The van der Waals surface area contributed by atoms with E-state index in [0.717, 1.165) is 45.2 Å². The highest BCUT2D eigenvalue weighted by atomic mass is 16.7. The SMILES string of the molecule is CC(NC1CCC2(CC1)OCCO2)C1CCOCC1. The van der Waals surface area contributed by atoms with Crippen LogP contribution in [0.2, 0.25) is 0 Å². The highest BCUT2D eigenvalue weighted by molar-refractivity contribution is 4.87. The van der Waals surface area contributed by atoms with Crippen molar-refractivity contribution in [2.24, 2.45) is 5.92 Å². The van der Waals surface area contributed by atoms with Crippen molar-refractivity contribution in [2.45, 2.75) is 63.3 Å². The molecule has 1 saturated carbocycles. The molecule has 2 aliphatic heterocycles. The summed E-state index contributed by atoms with van der Waals surface area (Å²) in [6.07, 6.45) is 6.85. The van der Waals surface area contributed by atoms with E-state index in [1.165, 1.54) is 25.7 Å². The molecule has 1 atom stereocenters. The molecular formula is C15H27NO3. The molecule has 0 aromatic rings. The van der Waals surface area contributed by atoms with Crippen LogP contribution < -0.4 is 5.32 Å². The minimum absolute atomic E-state index is 0.222. The number of hydrogen-bond donors (Lipinski definition) is 1. The highest BCUT2D eigenvalue weighted by Crippen LogP contribution is 2.36. The average Bonchev–Trinajstić information content (AvgIpc) is 2.91. The third-order valence-corrected chi connectivity index (χ3v) is 5.03. The highest BCUT2D eigenvalue weighted by Gasteiger charge is 2.40. The minimum atomic E-state index is -0.222. The molecule has 2 saturated heterocycles. The Morgan fingerprint density at radius 2 is 1.58 bits per heavy atom. The summed E-state index contributed by atoms with van der Waals surface area (Å²) in [6, 6.07) is 1.24. The molecule has 3 fully saturated rings. The first-order chi connectivity index (χ1) is 9.27. The van der Waals surface area contributed by atoms with Crippen LogP contribution in [0.3, 0.4) is 0 Å². The van der Waals surface area contributed by atoms with E-state index in [1.54, 1.807) is 0 Å². The summed E-state index contributed by atoms with van der Waals surface area (Å²) in [4.78, 5) is 0. The molecule has 0 bridgehead atoms. The molecule has 1 unspecified atom stereocenters. The van der Waals surface area contributed by atoms with E-state index >= 15 is 0 Å². The number of hydrogen-bond acceptors (Lipinski definition) is 4. The van der Waals surface area contributed by atoms with Crippen molar-refractivity contribution in [1.82, 2.24) is 5.32 Å². The summed E-state index contributed by atoms with van der Waals surface area (Å²) in [5.41, 5.74) is 0. The van der Waals surface area contributed by atoms with Crippen LogP contribution in [0.5, 0.6) is 0 Å². The van der Waals surface area contributed by atoms with Crippen LogP contribution in [-0.4, -0.2) is 44.3 Å². The predicted molar refractivity (Wildman–Crippen MR) is 73.0 cm³/mol. The van der Waals surface area contributed by atoms with Crippen LogP contribution in [0, 0.1) is 5.92 Å². The topological polar surface area (TPSA) is 39.7 Å². The van der Waals surface area contributed by atoms with Gasteiger partial charge in [-0.25, -0.2) is 0 Å². The summed E-state index contributed by atoms with van der Waals surface area (Å²) >= 11 is 0. The Labute approximate surface area is 116 Å². The van der Waals surface area contributed by atoms with Crippen molar-refractivity contribution >= 4 is 0 Å². The lowest BCUT2D eigenvalue weighted by Crippen LogP contribution is -2.47. The Kier molecular flexibility index (Phi) is 4.42. The van der Waals surface area contributed by atoms with Gasteiger partial charge in [0, 0.05) is 38.1 Å². The summed E-state index contributed by atoms with van der Waals surface area (Å²) in [7, 11) is 0. The molecule has 0 amide bonds. The molecule has 4 nitrogen and oxygen atoms in total. The van der Waals surface area contributed by atoms with Crippen molar-refractivity contribution in [3.8, 4) is 0 Å².